The van der Waals surface area contributed by atoms with Gasteiger partial charge < -0.3 is 63.5 Å². The number of aliphatic carboxylic acids is 1. The first-order chi connectivity index (χ1) is 32.3. The maximum atomic E-state index is 14.4. The average Bonchev–Trinajstić information content (AvgIpc) is 3.92. The topological polar surface area (TPSA) is 260 Å². The van der Waals surface area contributed by atoms with Gasteiger partial charge in [0, 0.05) is 57.8 Å². The average molecular weight is 928 g/mol. The second kappa shape index (κ2) is 24.6. The minimum atomic E-state index is -1.26. The Morgan fingerprint density at radius 1 is 0.821 bits per heavy atom. The SMILES string of the molecule is CC(C)[C@@H](C(=O)N[C@@H](Cc1ccccc1)C(=O)N[C@@H](Cc1ccccc1)C(=O)O)N1C(=O)[C@@H](NC(=O)[C@H](CCCCN)NC(=O)CN2C=C3CN4CCNCCNCCNCC4=[N+]3[N-]2)CC1C. The number of hydrogen-bond acceptors (Lipinski definition) is 12. The van der Waals surface area contributed by atoms with Crippen molar-refractivity contribution in [3.05, 3.63) is 89.2 Å². The van der Waals surface area contributed by atoms with Crippen LogP contribution in [0.15, 0.2) is 72.6 Å². The number of carboxylic acids is 1. The fraction of sp³-hybridized carbons (Fsp3) is 0.553. The van der Waals surface area contributed by atoms with Crippen LogP contribution in [-0.4, -0.2) is 168 Å². The molecule has 20 heteroatoms. The molecule has 364 valence electrons. The van der Waals surface area contributed by atoms with Crippen molar-refractivity contribution in [3.63, 3.8) is 0 Å². The van der Waals surface area contributed by atoms with Gasteiger partial charge in [-0.15, -0.1) is 0 Å². The van der Waals surface area contributed by atoms with E-state index < -0.39 is 77.7 Å². The molecule has 4 aliphatic heterocycles. The van der Waals surface area contributed by atoms with E-state index in [1.807, 2.05) is 23.0 Å². The van der Waals surface area contributed by atoms with E-state index >= 15 is 0 Å². The third-order valence-electron chi connectivity index (χ3n) is 12.4. The fourth-order valence-corrected chi connectivity index (χ4v) is 8.95. The van der Waals surface area contributed by atoms with E-state index in [-0.39, 0.29) is 32.2 Å². The molecule has 4 heterocycles. The van der Waals surface area contributed by atoms with E-state index in [1.54, 1.807) is 74.3 Å². The Balaban J connectivity index is 1.09. The molecule has 20 nitrogen and oxygen atoms in total. The Kier molecular flexibility index (Phi) is 18.5. The Morgan fingerprint density at radius 2 is 1.45 bits per heavy atom. The quantitative estimate of drug-likeness (QED) is 0.0580. The Morgan fingerprint density at radius 3 is 2.09 bits per heavy atom. The summed E-state index contributed by atoms with van der Waals surface area (Å²) in [5.41, 5.74) is 12.9. The lowest BCUT2D eigenvalue weighted by molar-refractivity contribution is -0.423. The molecule has 6 rings (SSSR count). The first kappa shape index (κ1) is 50.3. The number of nitrogens with zero attached hydrogens (tertiary/aromatic N) is 5. The molecule has 0 aliphatic carbocycles. The highest BCUT2D eigenvalue weighted by Gasteiger charge is 2.46. The maximum Gasteiger partial charge on any atom is 0.326 e. The fourth-order valence-electron chi connectivity index (χ4n) is 8.95. The lowest BCUT2D eigenvalue weighted by Crippen LogP contribution is -2.59. The van der Waals surface area contributed by atoms with Gasteiger partial charge in [-0.2, -0.15) is 0 Å². The van der Waals surface area contributed by atoms with Crippen LogP contribution in [0.5, 0.6) is 0 Å². The van der Waals surface area contributed by atoms with Gasteiger partial charge >= 0.3 is 5.97 Å². The van der Waals surface area contributed by atoms with Crippen molar-refractivity contribution in [1.29, 1.82) is 0 Å². The van der Waals surface area contributed by atoms with Crippen LogP contribution in [0, 0.1) is 5.92 Å². The number of amides is 5. The number of carboxylic acid groups (broad SMARTS) is 1. The normalized spacial score (nSPS) is 20.6. The molecule has 2 fully saturated rings. The zero-order chi connectivity index (χ0) is 47.9. The summed E-state index contributed by atoms with van der Waals surface area (Å²) in [6, 6.07) is 12.0. The number of fused-ring (bicyclic) bond motifs is 2. The van der Waals surface area contributed by atoms with Gasteiger partial charge in [0.2, 0.25) is 29.5 Å². The molecule has 2 aromatic carbocycles. The Bertz CT molecular complexity index is 2090. The van der Waals surface area contributed by atoms with Crippen LogP contribution in [0.25, 0.3) is 5.53 Å². The smallest absolute Gasteiger partial charge is 0.326 e. The zero-order valence-electron chi connectivity index (χ0n) is 38.9. The molecule has 0 saturated carbocycles. The van der Waals surface area contributed by atoms with Crippen LogP contribution in [0.3, 0.4) is 0 Å². The van der Waals surface area contributed by atoms with Gasteiger partial charge in [-0.25, -0.2) is 4.79 Å². The number of benzene rings is 2. The van der Waals surface area contributed by atoms with Crippen molar-refractivity contribution in [2.45, 2.75) is 95.5 Å². The van der Waals surface area contributed by atoms with Crippen LogP contribution in [0.1, 0.15) is 57.6 Å². The molecule has 4 aliphatic rings. The second-order valence-electron chi connectivity index (χ2n) is 18.0. The van der Waals surface area contributed by atoms with Crippen molar-refractivity contribution in [1.82, 2.24) is 52.0 Å². The Labute approximate surface area is 392 Å². The number of carbonyl (C=O) groups is 6. The number of likely N-dealkylation sites (tertiary alicyclic amines) is 1. The highest BCUT2D eigenvalue weighted by Crippen LogP contribution is 2.27. The molecule has 6 atom stereocenters. The highest BCUT2D eigenvalue weighted by atomic mass is 16.4. The monoisotopic (exact) mass is 928 g/mol. The van der Waals surface area contributed by atoms with E-state index in [0.29, 0.717) is 38.0 Å². The molecule has 0 aromatic heterocycles. The third-order valence-corrected chi connectivity index (χ3v) is 12.4. The maximum absolute atomic E-state index is 14.4. The number of unbranched alkanes of at least 4 members (excludes halogenated alkanes) is 1. The summed E-state index contributed by atoms with van der Waals surface area (Å²) >= 11 is 0. The Hall–Kier alpha value is -6.09. The van der Waals surface area contributed by atoms with E-state index in [0.717, 1.165) is 56.4 Å². The van der Waals surface area contributed by atoms with Gasteiger partial charge in [0.25, 0.3) is 5.84 Å². The minimum Gasteiger partial charge on any atom is -0.480 e. The molecule has 67 heavy (non-hydrogen) atoms. The molecule has 2 saturated heterocycles. The summed E-state index contributed by atoms with van der Waals surface area (Å²) in [6.07, 6.45) is 3.62. The van der Waals surface area contributed by atoms with Crippen LogP contribution < -0.4 is 43.0 Å². The summed E-state index contributed by atoms with van der Waals surface area (Å²) in [7, 11) is 0. The predicted octanol–water partition coefficient (Wildman–Crippen LogP) is -0.860. The van der Waals surface area contributed by atoms with E-state index in [1.165, 1.54) is 4.90 Å². The van der Waals surface area contributed by atoms with Crippen molar-refractivity contribution >= 4 is 41.3 Å². The second-order valence-corrected chi connectivity index (χ2v) is 18.0. The van der Waals surface area contributed by atoms with Crippen molar-refractivity contribution in [2.75, 3.05) is 65.4 Å². The molecule has 1 unspecified atom stereocenters. The summed E-state index contributed by atoms with van der Waals surface area (Å²) in [6.45, 7) is 12.0. The highest BCUT2D eigenvalue weighted by molar-refractivity contribution is 5.97. The summed E-state index contributed by atoms with van der Waals surface area (Å²) in [5.74, 6) is -3.34. The number of rotatable bonds is 20. The van der Waals surface area contributed by atoms with Crippen LogP contribution >= 0.6 is 0 Å². The summed E-state index contributed by atoms with van der Waals surface area (Å²) in [4.78, 5) is 86.2. The van der Waals surface area contributed by atoms with E-state index in [2.05, 4.69) is 42.1 Å². The van der Waals surface area contributed by atoms with Gasteiger partial charge in [0.1, 0.15) is 36.8 Å². The molecule has 10 N–H and O–H groups in total. The van der Waals surface area contributed by atoms with Gasteiger partial charge in [0.05, 0.1) is 19.6 Å². The number of nitrogens with two attached hydrogens (primary N) is 1. The number of hydrogen-bond donors (Lipinski definition) is 9. The third kappa shape index (κ3) is 14.0. The van der Waals surface area contributed by atoms with Crippen LogP contribution in [-0.2, 0) is 41.6 Å². The molecule has 0 bridgehead atoms. The van der Waals surface area contributed by atoms with Gasteiger partial charge in [-0.3, -0.25) is 33.6 Å². The lowest BCUT2D eigenvalue weighted by Gasteiger charge is -2.34. The van der Waals surface area contributed by atoms with Crippen molar-refractivity contribution in [3.8, 4) is 0 Å². The molecule has 2 aromatic rings. The van der Waals surface area contributed by atoms with E-state index in [9.17, 15) is 33.9 Å². The zero-order valence-corrected chi connectivity index (χ0v) is 38.9. The predicted molar refractivity (Wildman–Crippen MR) is 252 cm³/mol. The van der Waals surface area contributed by atoms with Gasteiger partial charge in [-0.05, 0) is 56.2 Å². The van der Waals surface area contributed by atoms with Gasteiger partial charge in [-0.1, -0.05) is 74.5 Å². The van der Waals surface area contributed by atoms with Crippen molar-refractivity contribution < 1.29 is 38.6 Å². The van der Waals surface area contributed by atoms with Gasteiger partial charge in [0.15, 0.2) is 5.70 Å². The number of amidine groups is 1. The largest absolute Gasteiger partial charge is 0.480 e. The lowest BCUT2D eigenvalue weighted by atomic mass is 9.98. The van der Waals surface area contributed by atoms with Crippen LogP contribution in [0.4, 0.5) is 0 Å². The first-order valence-corrected chi connectivity index (χ1v) is 23.6. The minimum absolute atomic E-state index is 0.0335. The molecule has 5 amide bonds. The number of carbonyl (C=O) groups excluding carboxylic acids is 5. The number of nitrogens with one attached hydrogen (secondary N) is 7. The van der Waals surface area contributed by atoms with E-state index in [4.69, 9.17) is 11.3 Å². The summed E-state index contributed by atoms with van der Waals surface area (Å²) in [5, 5.41) is 33.2. The standard InChI is InChI=1S/C47H69N13O7/c1-31(2)42(45(64)53-37(25-33-12-6-4-7-13-33)44(63)55-39(47(66)67)26-34-14-8-5-9-15-34)59-32(3)24-38(46(59)65)54-43(62)36(16-10-11-17-48)52-40(61)30-58-29-35-28-57-23-22-50-19-18-49-20-21-51-27-41(57)60(35)56-58/h4-9,12-15,29,31-32,36-39,42,49-51H,10-11,16-28,30,48H2,1-3H3,(H,52,61)(H,53,64)(H,54,62)(H,55,63)(H,66,67)/t32?,36-,37-,38-,39-,42-/m0/s1. The molecular formula is C47H69N13O7. The molecular weight excluding hydrogens is 859 g/mol. The van der Waals surface area contributed by atoms with Crippen molar-refractivity contribution in [2.24, 2.45) is 11.7 Å². The van der Waals surface area contributed by atoms with Crippen LogP contribution in [0.2, 0.25) is 0 Å². The molecule has 0 spiro atoms. The summed E-state index contributed by atoms with van der Waals surface area (Å²) < 4.78 is 1.87. The molecule has 0 radical (unpaired) electrons. The first-order valence-electron chi connectivity index (χ1n) is 23.6.